The first-order valence-electron chi connectivity index (χ1n) is 6.65. The molecule has 21 heavy (non-hydrogen) atoms. The molecule has 0 aliphatic heterocycles. The van der Waals surface area contributed by atoms with E-state index in [0.29, 0.717) is 11.7 Å². The van der Waals surface area contributed by atoms with Gasteiger partial charge < -0.3 is 4.52 Å². The van der Waals surface area contributed by atoms with E-state index >= 15 is 0 Å². The second kappa shape index (κ2) is 6.40. The van der Waals surface area contributed by atoms with Gasteiger partial charge in [-0.1, -0.05) is 18.1 Å². The molecule has 110 valence electrons. The largest absolute Gasteiger partial charge is 0.338 e. The van der Waals surface area contributed by atoms with E-state index in [9.17, 15) is 0 Å². The molecule has 0 aromatic carbocycles. The molecule has 0 unspecified atom stereocenters. The van der Waals surface area contributed by atoms with Crippen LogP contribution in [0, 0.1) is 0 Å². The number of H-pyrrole nitrogens is 1. The summed E-state index contributed by atoms with van der Waals surface area (Å²) in [7, 11) is 0. The van der Waals surface area contributed by atoms with E-state index in [0.717, 1.165) is 28.7 Å². The lowest BCUT2D eigenvalue weighted by Crippen LogP contribution is -1.92. The normalized spacial score (nSPS) is 12.7. The van der Waals surface area contributed by atoms with Crippen molar-refractivity contribution in [1.29, 1.82) is 0 Å². The molecule has 0 aliphatic carbocycles. The van der Waals surface area contributed by atoms with Crippen LogP contribution in [0.25, 0.3) is 10.7 Å². The smallest absolute Gasteiger partial charge is 0.239 e. The second-order valence-corrected chi connectivity index (χ2v) is 6.72. The zero-order valence-corrected chi connectivity index (χ0v) is 13.4. The Hall–Kier alpha value is -1.67. The molecular weight excluding hydrogens is 306 g/mol. The number of nitrogens with zero attached hydrogens (tertiary/aromatic N) is 4. The molecule has 3 aromatic heterocycles. The third kappa shape index (κ3) is 3.33. The summed E-state index contributed by atoms with van der Waals surface area (Å²) in [4.78, 5) is 9.86. The van der Waals surface area contributed by atoms with Crippen molar-refractivity contribution >= 4 is 23.1 Å². The fourth-order valence-corrected chi connectivity index (χ4v) is 3.16. The summed E-state index contributed by atoms with van der Waals surface area (Å²) in [5.41, 5.74) is 0. The van der Waals surface area contributed by atoms with Crippen LogP contribution in [0.15, 0.2) is 22.0 Å². The molecule has 8 heteroatoms. The van der Waals surface area contributed by atoms with Crippen molar-refractivity contribution in [3.05, 3.63) is 35.1 Å². The zero-order chi connectivity index (χ0) is 14.7. The molecule has 0 saturated heterocycles. The molecule has 3 rings (SSSR count). The van der Waals surface area contributed by atoms with Gasteiger partial charge in [-0.15, -0.1) is 23.1 Å². The van der Waals surface area contributed by atoms with Crippen LogP contribution in [0.2, 0.25) is 0 Å². The maximum absolute atomic E-state index is 5.34. The lowest BCUT2D eigenvalue weighted by atomic mass is 10.4. The van der Waals surface area contributed by atoms with Gasteiger partial charge >= 0.3 is 0 Å². The van der Waals surface area contributed by atoms with E-state index in [1.807, 2.05) is 31.4 Å². The van der Waals surface area contributed by atoms with Crippen LogP contribution in [0.1, 0.15) is 36.6 Å². The predicted octanol–water partition coefficient (Wildman–Crippen LogP) is 3.47. The van der Waals surface area contributed by atoms with E-state index in [1.54, 1.807) is 23.1 Å². The van der Waals surface area contributed by atoms with Crippen LogP contribution in [-0.4, -0.2) is 25.3 Å². The van der Waals surface area contributed by atoms with E-state index < -0.39 is 0 Å². The number of aryl methyl sites for hydroxylation is 1. The fraction of sp³-hybridized carbons (Fsp3) is 0.385. The van der Waals surface area contributed by atoms with Crippen molar-refractivity contribution in [2.45, 2.75) is 31.3 Å². The number of hydrogen-bond donors (Lipinski definition) is 1. The number of rotatable bonds is 6. The van der Waals surface area contributed by atoms with Gasteiger partial charge in [0.1, 0.15) is 11.6 Å². The Kier molecular flexibility index (Phi) is 4.35. The molecule has 3 heterocycles. The van der Waals surface area contributed by atoms with Gasteiger partial charge in [0, 0.05) is 6.42 Å². The maximum Gasteiger partial charge on any atom is 0.239 e. The van der Waals surface area contributed by atoms with Crippen LogP contribution in [0.5, 0.6) is 0 Å². The van der Waals surface area contributed by atoms with E-state index in [2.05, 4.69) is 25.3 Å². The number of thiophene rings is 1. The fourth-order valence-electron chi connectivity index (χ4n) is 1.74. The van der Waals surface area contributed by atoms with Crippen molar-refractivity contribution in [2.75, 3.05) is 0 Å². The lowest BCUT2D eigenvalue weighted by Gasteiger charge is -2.03. The minimum absolute atomic E-state index is 0.112. The summed E-state index contributed by atoms with van der Waals surface area (Å²) >= 11 is 3.29. The Morgan fingerprint density at radius 2 is 2.33 bits per heavy atom. The standard InChI is InChI=1S/C13H15N5OS2/c1-3-10-14-11(17-16-10)7-21-8(2)13-15-12(18-19-13)9-5-4-6-20-9/h4-6,8H,3,7H2,1-2H3,(H,14,16,17)/t8-/m1/s1. The van der Waals surface area contributed by atoms with Crippen LogP contribution in [0.3, 0.4) is 0 Å². The van der Waals surface area contributed by atoms with Gasteiger partial charge in [0.15, 0.2) is 0 Å². The number of hydrogen-bond acceptors (Lipinski definition) is 7. The molecule has 1 N–H and O–H groups in total. The lowest BCUT2D eigenvalue weighted by molar-refractivity contribution is 0.381. The predicted molar refractivity (Wildman–Crippen MR) is 83.1 cm³/mol. The van der Waals surface area contributed by atoms with Gasteiger partial charge in [-0.25, -0.2) is 4.98 Å². The van der Waals surface area contributed by atoms with Gasteiger partial charge in [0.25, 0.3) is 0 Å². The Morgan fingerprint density at radius 1 is 1.43 bits per heavy atom. The molecule has 0 saturated carbocycles. The quantitative estimate of drug-likeness (QED) is 0.748. The number of aromatic nitrogens is 5. The monoisotopic (exact) mass is 321 g/mol. The molecule has 0 aliphatic rings. The Labute approximate surface area is 130 Å². The highest BCUT2D eigenvalue weighted by atomic mass is 32.2. The highest BCUT2D eigenvalue weighted by Crippen LogP contribution is 2.31. The molecule has 3 aromatic rings. The molecule has 0 amide bonds. The first-order chi connectivity index (χ1) is 10.3. The van der Waals surface area contributed by atoms with Gasteiger partial charge in [-0.2, -0.15) is 10.1 Å². The van der Waals surface area contributed by atoms with Crippen LogP contribution in [-0.2, 0) is 12.2 Å². The summed E-state index contributed by atoms with van der Waals surface area (Å²) in [6.07, 6.45) is 0.838. The van der Waals surface area contributed by atoms with Crippen LogP contribution in [0.4, 0.5) is 0 Å². The van der Waals surface area contributed by atoms with Gasteiger partial charge in [-0.3, -0.25) is 5.10 Å². The third-order valence-corrected chi connectivity index (χ3v) is 4.90. The minimum atomic E-state index is 0.112. The highest BCUT2D eigenvalue weighted by Gasteiger charge is 2.17. The number of nitrogens with one attached hydrogen (secondary N) is 1. The Balaban J connectivity index is 1.61. The van der Waals surface area contributed by atoms with Crippen molar-refractivity contribution in [2.24, 2.45) is 0 Å². The Morgan fingerprint density at radius 3 is 3.05 bits per heavy atom. The van der Waals surface area contributed by atoms with E-state index in [-0.39, 0.29) is 5.25 Å². The third-order valence-electron chi connectivity index (χ3n) is 2.90. The number of aromatic amines is 1. The second-order valence-electron chi connectivity index (χ2n) is 4.44. The Bertz CT molecular complexity index is 691. The molecule has 1 atom stereocenters. The minimum Gasteiger partial charge on any atom is -0.338 e. The first kappa shape index (κ1) is 14.3. The summed E-state index contributed by atoms with van der Waals surface area (Å²) in [6, 6.07) is 3.96. The summed E-state index contributed by atoms with van der Waals surface area (Å²) in [6.45, 7) is 4.08. The van der Waals surface area contributed by atoms with Crippen molar-refractivity contribution in [3.63, 3.8) is 0 Å². The SMILES string of the molecule is CCc1n[nH]c(CS[C@H](C)c2nc(-c3cccs3)no2)n1. The summed E-state index contributed by atoms with van der Waals surface area (Å²) < 4.78 is 5.34. The van der Waals surface area contributed by atoms with Gasteiger partial charge in [-0.05, 0) is 18.4 Å². The number of thioether (sulfide) groups is 1. The van der Waals surface area contributed by atoms with Crippen molar-refractivity contribution < 1.29 is 4.52 Å². The van der Waals surface area contributed by atoms with Gasteiger partial charge in [0.05, 0.1) is 15.9 Å². The molecule has 0 radical (unpaired) electrons. The molecule has 6 nitrogen and oxygen atoms in total. The van der Waals surface area contributed by atoms with Gasteiger partial charge in [0.2, 0.25) is 11.7 Å². The highest BCUT2D eigenvalue weighted by molar-refractivity contribution is 7.98. The maximum atomic E-state index is 5.34. The summed E-state index contributed by atoms with van der Waals surface area (Å²) in [5, 5.41) is 13.2. The topological polar surface area (TPSA) is 80.5 Å². The van der Waals surface area contributed by atoms with Crippen molar-refractivity contribution in [3.8, 4) is 10.7 Å². The van der Waals surface area contributed by atoms with E-state index in [4.69, 9.17) is 4.52 Å². The molecular formula is C13H15N5OS2. The molecule has 0 fully saturated rings. The first-order valence-corrected chi connectivity index (χ1v) is 8.58. The van der Waals surface area contributed by atoms with Crippen molar-refractivity contribution in [1.82, 2.24) is 25.3 Å². The van der Waals surface area contributed by atoms with E-state index in [1.165, 1.54) is 0 Å². The van der Waals surface area contributed by atoms with Crippen LogP contribution < -0.4 is 0 Å². The molecule has 0 spiro atoms. The zero-order valence-electron chi connectivity index (χ0n) is 11.7. The van der Waals surface area contributed by atoms with Crippen LogP contribution >= 0.6 is 23.1 Å². The average molecular weight is 321 g/mol. The molecule has 0 bridgehead atoms. The average Bonchev–Trinajstić information content (AvgIpc) is 3.24. The summed E-state index contributed by atoms with van der Waals surface area (Å²) in [5.74, 6) is 3.75.